The zero-order valence-electron chi connectivity index (χ0n) is 9.97. The lowest BCUT2D eigenvalue weighted by Gasteiger charge is -2.39. The quantitative estimate of drug-likeness (QED) is 0.825. The van der Waals surface area contributed by atoms with E-state index >= 15 is 0 Å². The van der Waals surface area contributed by atoms with Crippen molar-refractivity contribution in [2.24, 2.45) is 0 Å². The predicted octanol–water partition coefficient (Wildman–Crippen LogP) is 3.05. The molecule has 0 amide bonds. The van der Waals surface area contributed by atoms with Crippen molar-refractivity contribution >= 4 is 11.3 Å². The first kappa shape index (κ1) is 10.9. The molecule has 3 heteroatoms. The molecule has 17 heavy (non-hydrogen) atoms. The molecule has 2 aromatic rings. The fourth-order valence-electron chi connectivity index (χ4n) is 2.32. The summed E-state index contributed by atoms with van der Waals surface area (Å²) in [7, 11) is 0. The lowest BCUT2D eigenvalue weighted by Crippen LogP contribution is -2.44. The van der Waals surface area contributed by atoms with E-state index in [2.05, 4.69) is 35.0 Å². The van der Waals surface area contributed by atoms with Crippen LogP contribution in [-0.2, 0) is 6.54 Å². The van der Waals surface area contributed by atoms with Gasteiger partial charge in [-0.3, -0.25) is 9.88 Å². The molecule has 88 valence electrons. The van der Waals surface area contributed by atoms with Crippen molar-refractivity contribution in [1.82, 2.24) is 9.88 Å². The van der Waals surface area contributed by atoms with Gasteiger partial charge in [0, 0.05) is 47.7 Å². The monoisotopic (exact) mass is 244 g/mol. The fraction of sp³-hybridized carbons (Fsp3) is 0.357. The van der Waals surface area contributed by atoms with Crippen molar-refractivity contribution in [3.05, 3.63) is 52.0 Å². The van der Waals surface area contributed by atoms with Crippen LogP contribution < -0.4 is 0 Å². The molecule has 2 aromatic heterocycles. The van der Waals surface area contributed by atoms with Crippen LogP contribution in [0.5, 0.6) is 0 Å². The van der Waals surface area contributed by atoms with E-state index in [0.29, 0.717) is 5.92 Å². The number of pyridine rings is 1. The van der Waals surface area contributed by atoms with Crippen molar-refractivity contribution < 1.29 is 0 Å². The van der Waals surface area contributed by atoms with Crippen LogP contribution >= 0.6 is 11.3 Å². The molecule has 0 spiro atoms. The maximum atomic E-state index is 4.18. The van der Waals surface area contributed by atoms with Gasteiger partial charge in [-0.2, -0.15) is 0 Å². The first-order valence-corrected chi connectivity index (χ1v) is 6.80. The van der Waals surface area contributed by atoms with Crippen molar-refractivity contribution in [1.29, 1.82) is 0 Å². The lowest BCUT2D eigenvalue weighted by molar-refractivity contribution is 0.141. The molecule has 0 atom stereocenters. The highest BCUT2D eigenvalue weighted by Gasteiger charge is 2.28. The molecule has 0 bridgehead atoms. The van der Waals surface area contributed by atoms with Crippen LogP contribution in [0.4, 0.5) is 0 Å². The SMILES string of the molecule is Cc1ccc(CN2CC(c3cccnc3)C2)s1. The summed E-state index contributed by atoms with van der Waals surface area (Å²) in [6, 6.07) is 8.67. The largest absolute Gasteiger partial charge is 0.297 e. The number of hydrogen-bond donors (Lipinski definition) is 0. The van der Waals surface area contributed by atoms with Gasteiger partial charge < -0.3 is 0 Å². The number of aromatic nitrogens is 1. The lowest BCUT2D eigenvalue weighted by atomic mass is 9.93. The molecule has 0 saturated carbocycles. The van der Waals surface area contributed by atoms with Crippen LogP contribution in [0.25, 0.3) is 0 Å². The van der Waals surface area contributed by atoms with E-state index < -0.39 is 0 Å². The molecule has 2 nitrogen and oxygen atoms in total. The molecular formula is C14H16N2S. The van der Waals surface area contributed by atoms with E-state index in [1.54, 1.807) is 0 Å². The summed E-state index contributed by atoms with van der Waals surface area (Å²) < 4.78 is 0. The Morgan fingerprint density at radius 3 is 2.88 bits per heavy atom. The molecule has 3 rings (SSSR count). The predicted molar refractivity (Wildman–Crippen MR) is 71.3 cm³/mol. The Hall–Kier alpha value is -1.19. The number of aryl methyl sites for hydroxylation is 1. The normalized spacial score (nSPS) is 17.0. The second-order valence-corrected chi connectivity index (χ2v) is 6.06. The third-order valence-electron chi connectivity index (χ3n) is 3.29. The zero-order valence-corrected chi connectivity index (χ0v) is 10.8. The number of hydrogen-bond acceptors (Lipinski definition) is 3. The van der Waals surface area contributed by atoms with E-state index in [0.717, 1.165) is 6.54 Å². The van der Waals surface area contributed by atoms with Gasteiger partial charge in [-0.05, 0) is 30.7 Å². The topological polar surface area (TPSA) is 16.1 Å². The maximum absolute atomic E-state index is 4.18. The smallest absolute Gasteiger partial charge is 0.0328 e. The van der Waals surface area contributed by atoms with Crippen LogP contribution in [0.1, 0.15) is 21.2 Å². The van der Waals surface area contributed by atoms with E-state index in [-0.39, 0.29) is 0 Å². The standard InChI is InChI=1S/C14H16N2S/c1-11-4-5-14(17-11)10-16-8-13(9-16)12-3-2-6-15-7-12/h2-7,13H,8-10H2,1H3. The van der Waals surface area contributed by atoms with Gasteiger partial charge in [0.25, 0.3) is 0 Å². The highest BCUT2D eigenvalue weighted by Crippen LogP contribution is 2.29. The maximum Gasteiger partial charge on any atom is 0.0328 e. The minimum absolute atomic E-state index is 0.685. The summed E-state index contributed by atoms with van der Waals surface area (Å²) in [5.41, 5.74) is 1.38. The highest BCUT2D eigenvalue weighted by atomic mass is 32.1. The minimum Gasteiger partial charge on any atom is -0.297 e. The molecule has 0 N–H and O–H groups in total. The van der Waals surface area contributed by atoms with Crippen molar-refractivity contribution in [3.63, 3.8) is 0 Å². The number of nitrogens with zero attached hydrogens (tertiary/aromatic N) is 2. The van der Waals surface area contributed by atoms with Crippen LogP contribution in [0, 0.1) is 6.92 Å². The summed E-state index contributed by atoms with van der Waals surface area (Å²) >= 11 is 1.91. The second kappa shape index (κ2) is 4.59. The van der Waals surface area contributed by atoms with Crippen molar-refractivity contribution in [2.45, 2.75) is 19.4 Å². The van der Waals surface area contributed by atoms with Crippen LogP contribution in [0.2, 0.25) is 0 Å². The molecular weight excluding hydrogens is 228 g/mol. The van der Waals surface area contributed by atoms with Gasteiger partial charge in [-0.15, -0.1) is 11.3 Å². The molecule has 0 aromatic carbocycles. The fourth-order valence-corrected chi connectivity index (χ4v) is 3.25. The summed E-state index contributed by atoms with van der Waals surface area (Å²) in [4.78, 5) is 9.57. The van der Waals surface area contributed by atoms with E-state index in [1.165, 1.54) is 28.4 Å². The van der Waals surface area contributed by atoms with Crippen molar-refractivity contribution in [2.75, 3.05) is 13.1 Å². The van der Waals surface area contributed by atoms with E-state index in [9.17, 15) is 0 Å². The first-order chi connectivity index (χ1) is 8.31. The molecule has 1 aliphatic heterocycles. The average Bonchev–Trinajstić information content (AvgIpc) is 2.70. The molecule has 1 saturated heterocycles. The second-order valence-electron chi connectivity index (χ2n) is 4.69. The Morgan fingerprint density at radius 1 is 1.35 bits per heavy atom. The first-order valence-electron chi connectivity index (χ1n) is 5.99. The van der Waals surface area contributed by atoms with Gasteiger partial charge in [-0.1, -0.05) is 6.07 Å². The number of thiophene rings is 1. The van der Waals surface area contributed by atoms with Gasteiger partial charge in [0.05, 0.1) is 0 Å². The molecule has 1 aliphatic rings. The third kappa shape index (κ3) is 2.40. The van der Waals surface area contributed by atoms with Gasteiger partial charge in [0.1, 0.15) is 0 Å². The summed E-state index contributed by atoms with van der Waals surface area (Å²) in [6.07, 6.45) is 3.84. The van der Waals surface area contributed by atoms with Crippen molar-refractivity contribution in [3.8, 4) is 0 Å². The zero-order chi connectivity index (χ0) is 11.7. The summed E-state index contributed by atoms with van der Waals surface area (Å²) in [6.45, 7) is 5.61. The molecule has 3 heterocycles. The third-order valence-corrected chi connectivity index (χ3v) is 4.27. The van der Waals surface area contributed by atoms with Gasteiger partial charge in [-0.25, -0.2) is 0 Å². The molecule has 0 radical (unpaired) electrons. The number of likely N-dealkylation sites (tertiary alicyclic amines) is 1. The molecule has 1 fully saturated rings. The Kier molecular flexibility index (Phi) is 2.95. The van der Waals surface area contributed by atoms with Crippen LogP contribution in [0.3, 0.4) is 0 Å². The Balaban J connectivity index is 1.55. The molecule has 0 aliphatic carbocycles. The summed E-state index contributed by atoms with van der Waals surface area (Å²) in [5.74, 6) is 0.685. The highest BCUT2D eigenvalue weighted by molar-refractivity contribution is 7.11. The van der Waals surface area contributed by atoms with Gasteiger partial charge in [0.2, 0.25) is 0 Å². The van der Waals surface area contributed by atoms with Crippen LogP contribution in [0.15, 0.2) is 36.7 Å². The van der Waals surface area contributed by atoms with Gasteiger partial charge >= 0.3 is 0 Å². The molecule has 0 unspecified atom stereocenters. The average molecular weight is 244 g/mol. The Bertz CT molecular complexity index is 486. The van der Waals surface area contributed by atoms with E-state index in [4.69, 9.17) is 0 Å². The van der Waals surface area contributed by atoms with Crippen LogP contribution in [-0.4, -0.2) is 23.0 Å². The summed E-state index contributed by atoms with van der Waals surface area (Å²) in [5, 5.41) is 0. The Morgan fingerprint density at radius 2 is 2.24 bits per heavy atom. The number of rotatable bonds is 3. The van der Waals surface area contributed by atoms with Gasteiger partial charge in [0.15, 0.2) is 0 Å². The van der Waals surface area contributed by atoms with E-state index in [1.807, 2.05) is 29.8 Å². The Labute approximate surface area is 106 Å². The minimum atomic E-state index is 0.685.